The second kappa shape index (κ2) is 8.08. The lowest BCUT2D eigenvalue weighted by atomic mass is 9.89. The molecule has 0 aromatic rings. The van der Waals surface area contributed by atoms with Crippen molar-refractivity contribution in [3.05, 3.63) is 0 Å². The molecular weight excluding hydrogens is 198 g/mol. The molecule has 0 aromatic carbocycles. The van der Waals surface area contributed by atoms with Crippen LogP contribution in [-0.4, -0.2) is 25.3 Å². The van der Waals surface area contributed by atoms with Gasteiger partial charge in [0.05, 0.1) is 12.7 Å². The molecule has 16 heavy (non-hydrogen) atoms. The molecule has 1 aliphatic rings. The number of hydrogen-bond acceptors (Lipinski definition) is 2. The highest BCUT2D eigenvalue weighted by atomic mass is 16.5. The van der Waals surface area contributed by atoms with Crippen LogP contribution in [0.15, 0.2) is 0 Å². The van der Waals surface area contributed by atoms with E-state index in [0.29, 0.717) is 12.1 Å². The zero-order valence-electron chi connectivity index (χ0n) is 11.3. The summed E-state index contributed by atoms with van der Waals surface area (Å²) in [6, 6.07) is 0.638. The average Bonchev–Trinajstić information content (AvgIpc) is 2.25. The Morgan fingerprint density at radius 2 is 2.19 bits per heavy atom. The van der Waals surface area contributed by atoms with Gasteiger partial charge in [0.1, 0.15) is 0 Å². The summed E-state index contributed by atoms with van der Waals surface area (Å²) in [6.07, 6.45) is 8.35. The lowest BCUT2D eigenvalue weighted by molar-refractivity contribution is 0.0166. The molecule has 0 saturated heterocycles. The highest BCUT2D eigenvalue weighted by molar-refractivity contribution is 4.70. The predicted octanol–water partition coefficient (Wildman–Crippen LogP) is 3.36. The quantitative estimate of drug-likeness (QED) is 0.673. The smallest absolute Gasteiger partial charge is 0.0594 e. The van der Waals surface area contributed by atoms with Crippen molar-refractivity contribution in [1.82, 2.24) is 5.32 Å². The van der Waals surface area contributed by atoms with Crippen LogP contribution >= 0.6 is 0 Å². The molecule has 0 amide bonds. The highest BCUT2D eigenvalue weighted by Crippen LogP contribution is 2.25. The van der Waals surface area contributed by atoms with Gasteiger partial charge < -0.3 is 10.1 Å². The Labute approximate surface area is 101 Å². The Hall–Kier alpha value is -0.0800. The molecule has 96 valence electrons. The third kappa shape index (κ3) is 5.86. The normalized spacial score (nSPS) is 27.9. The summed E-state index contributed by atoms with van der Waals surface area (Å²) >= 11 is 0. The first kappa shape index (κ1) is 14.0. The molecule has 1 N–H and O–H groups in total. The van der Waals surface area contributed by atoms with E-state index in [2.05, 4.69) is 26.1 Å². The van der Waals surface area contributed by atoms with E-state index in [1.807, 2.05) is 0 Å². The lowest BCUT2D eigenvalue weighted by Crippen LogP contribution is -2.31. The van der Waals surface area contributed by atoms with Crippen LogP contribution in [0.1, 0.15) is 59.3 Å². The zero-order valence-corrected chi connectivity index (χ0v) is 11.3. The van der Waals surface area contributed by atoms with Gasteiger partial charge in [-0.1, -0.05) is 33.1 Å². The molecule has 0 aliphatic heterocycles. The molecule has 3 unspecified atom stereocenters. The van der Waals surface area contributed by atoms with E-state index in [0.717, 1.165) is 19.1 Å². The first-order valence-corrected chi connectivity index (χ1v) is 7.07. The Kier molecular flexibility index (Phi) is 7.06. The molecule has 1 fully saturated rings. The summed E-state index contributed by atoms with van der Waals surface area (Å²) in [6.45, 7) is 8.72. The summed E-state index contributed by atoms with van der Waals surface area (Å²) in [5.41, 5.74) is 0. The molecule has 2 heteroatoms. The topological polar surface area (TPSA) is 21.3 Å². The molecule has 0 radical (unpaired) electrons. The standard InChI is InChI=1S/C14H29NO/c1-4-6-13(3)15-9-10-16-14-8-5-7-12(2)11-14/h12-15H,4-11H2,1-3H3. The fourth-order valence-electron chi connectivity index (χ4n) is 2.60. The van der Waals surface area contributed by atoms with E-state index in [1.165, 1.54) is 38.5 Å². The maximum atomic E-state index is 5.92. The van der Waals surface area contributed by atoms with Gasteiger partial charge in [0.2, 0.25) is 0 Å². The molecule has 0 bridgehead atoms. The average molecular weight is 227 g/mol. The highest BCUT2D eigenvalue weighted by Gasteiger charge is 2.18. The molecule has 1 aliphatic carbocycles. The van der Waals surface area contributed by atoms with Gasteiger partial charge in [-0.15, -0.1) is 0 Å². The molecule has 0 spiro atoms. The van der Waals surface area contributed by atoms with Crippen molar-refractivity contribution in [1.29, 1.82) is 0 Å². The van der Waals surface area contributed by atoms with Crippen LogP contribution in [0.2, 0.25) is 0 Å². The molecule has 2 nitrogen and oxygen atoms in total. The van der Waals surface area contributed by atoms with E-state index >= 15 is 0 Å². The van der Waals surface area contributed by atoms with Gasteiger partial charge in [-0.05, 0) is 32.1 Å². The minimum Gasteiger partial charge on any atom is -0.377 e. The van der Waals surface area contributed by atoms with Crippen LogP contribution in [0, 0.1) is 5.92 Å². The Bertz CT molecular complexity index is 172. The van der Waals surface area contributed by atoms with Crippen LogP contribution in [0.3, 0.4) is 0 Å². The number of hydrogen-bond donors (Lipinski definition) is 1. The van der Waals surface area contributed by atoms with Crippen molar-refractivity contribution in [2.45, 2.75) is 71.4 Å². The Morgan fingerprint density at radius 3 is 2.88 bits per heavy atom. The van der Waals surface area contributed by atoms with Crippen molar-refractivity contribution in [3.63, 3.8) is 0 Å². The first-order valence-electron chi connectivity index (χ1n) is 7.07. The van der Waals surface area contributed by atoms with Gasteiger partial charge in [0, 0.05) is 12.6 Å². The van der Waals surface area contributed by atoms with Crippen LogP contribution < -0.4 is 5.32 Å². The third-order valence-electron chi connectivity index (χ3n) is 3.56. The van der Waals surface area contributed by atoms with Gasteiger partial charge in [-0.25, -0.2) is 0 Å². The van der Waals surface area contributed by atoms with Crippen molar-refractivity contribution in [2.75, 3.05) is 13.2 Å². The van der Waals surface area contributed by atoms with E-state index in [-0.39, 0.29) is 0 Å². The lowest BCUT2D eigenvalue weighted by Gasteiger charge is -2.27. The van der Waals surface area contributed by atoms with Gasteiger partial charge in [-0.3, -0.25) is 0 Å². The van der Waals surface area contributed by atoms with E-state index in [9.17, 15) is 0 Å². The minimum atomic E-state index is 0.534. The summed E-state index contributed by atoms with van der Waals surface area (Å²) in [5.74, 6) is 0.866. The fraction of sp³-hybridized carbons (Fsp3) is 1.00. The minimum absolute atomic E-state index is 0.534. The monoisotopic (exact) mass is 227 g/mol. The van der Waals surface area contributed by atoms with Gasteiger partial charge >= 0.3 is 0 Å². The number of rotatable bonds is 7. The third-order valence-corrected chi connectivity index (χ3v) is 3.56. The predicted molar refractivity (Wildman–Crippen MR) is 69.7 cm³/mol. The van der Waals surface area contributed by atoms with E-state index in [4.69, 9.17) is 4.74 Å². The van der Waals surface area contributed by atoms with Crippen molar-refractivity contribution >= 4 is 0 Å². The molecular formula is C14H29NO. The Balaban J connectivity index is 1.98. The second-order valence-corrected chi connectivity index (χ2v) is 5.41. The fourth-order valence-corrected chi connectivity index (χ4v) is 2.60. The van der Waals surface area contributed by atoms with Crippen molar-refractivity contribution in [3.8, 4) is 0 Å². The van der Waals surface area contributed by atoms with Crippen molar-refractivity contribution < 1.29 is 4.74 Å². The number of ether oxygens (including phenoxy) is 1. The van der Waals surface area contributed by atoms with E-state index in [1.54, 1.807) is 0 Å². The largest absolute Gasteiger partial charge is 0.377 e. The van der Waals surface area contributed by atoms with Crippen LogP contribution in [0.4, 0.5) is 0 Å². The summed E-state index contributed by atoms with van der Waals surface area (Å²) in [7, 11) is 0. The van der Waals surface area contributed by atoms with Crippen LogP contribution in [0.25, 0.3) is 0 Å². The van der Waals surface area contributed by atoms with Crippen LogP contribution in [0.5, 0.6) is 0 Å². The molecule has 1 saturated carbocycles. The van der Waals surface area contributed by atoms with Gasteiger partial charge in [-0.2, -0.15) is 0 Å². The van der Waals surface area contributed by atoms with Gasteiger partial charge in [0.25, 0.3) is 0 Å². The number of nitrogens with one attached hydrogen (secondary N) is 1. The summed E-state index contributed by atoms with van der Waals surface area (Å²) in [5, 5.41) is 3.51. The summed E-state index contributed by atoms with van der Waals surface area (Å²) in [4.78, 5) is 0. The van der Waals surface area contributed by atoms with E-state index < -0.39 is 0 Å². The summed E-state index contributed by atoms with van der Waals surface area (Å²) < 4.78 is 5.92. The Morgan fingerprint density at radius 1 is 1.38 bits per heavy atom. The molecule has 1 rings (SSSR count). The first-order chi connectivity index (χ1) is 7.72. The van der Waals surface area contributed by atoms with Crippen molar-refractivity contribution in [2.24, 2.45) is 5.92 Å². The molecule has 3 atom stereocenters. The maximum absolute atomic E-state index is 5.92. The second-order valence-electron chi connectivity index (χ2n) is 5.41. The van der Waals surface area contributed by atoms with Gasteiger partial charge in [0.15, 0.2) is 0 Å². The van der Waals surface area contributed by atoms with Crippen LogP contribution in [-0.2, 0) is 4.74 Å². The maximum Gasteiger partial charge on any atom is 0.0594 e. The molecule has 0 aromatic heterocycles. The SMILES string of the molecule is CCCC(C)NCCOC1CCCC(C)C1. The zero-order chi connectivity index (χ0) is 11.8. The molecule has 0 heterocycles.